The van der Waals surface area contributed by atoms with Crippen molar-refractivity contribution in [1.82, 2.24) is 14.1 Å². The highest BCUT2D eigenvalue weighted by Crippen LogP contribution is 2.38. The summed E-state index contributed by atoms with van der Waals surface area (Å²) in [7, 11) is -4.82. The zero-order chi connectivity index (χ0) is 23.8. The topological polar surface area (TPSA) is 173 Å². The summed E-state index contributed by atoms with van der Waals surface area (Å²) < 4.78 is 22.6. The van der Waals surface area contributed by atoms with Crippen LogP contribution in [0.1, 0.15) is 49.1 Å². The largest absolute Gasteiger partial charge is 0.469 e. The Bertz CT molecular complexity index is 1150. The molecule has 0 radical (unpaired) electrons. The first kappa shape index (κ1) is 24.0. The Morgan fingerprint density at radius 3 is 2.58 bits per heavy atom. The van der Waals surface area contributed by atoms with E-state index in [1.165, 1.54) is 12.8 Å². The Balaban J connectivity index is 1.57. The molecule has 2 fully saturated rings. The van der Waals surface area contributed by atoms with E-state index in [1.54, 1.807) is 6.20 Å². The minimum Gasteiger partial charge on any atom is -0.387 e. The molecule has 4 N–H and O–H groups in total. The van der Waals surface area contributed by atoms with Crippen LogP contribution in [0.5, 0.6) is 0 Å². The molecule has 0 aromatic carbocycles. The molecule has 13 heteroatoms. The number of phosphoric ester groups is 1. The summed E-state index contributed by atoms with van der Waals surface area (Å²) in [6, 6.07) is 4.96. The number of pyridine rings is 1. The van der Waals surface area contributed by atoms with Gasteiger partial charge in [-0.3, -0.25) is 23.4 Å². The van der Waals surface area contributed by atoms with E-state index in [0.29, 0.717) is 11.6 Å². The third-order valence-electron chi connectivity index (χ3n) is 6.10. The maximum atomic E-state index is 13.1. The van der Waals surface area contributed by atoms with E-state index in [4.69, 9.17) is 14.5 Å². The van der Waals surface area contributed by atoms with Crippen molar-refractivity contribution in [3.8, 4) is 0 Å². The molecule has 0 bridgehead atoms. The maximum Gasteiger partial charge on any atom is 0.469 e. The van der Waals surface area contributed by atoms with Gasteiger partial charge in [0.05, 0.1) is 18.8 Å². The first-order valence-electron chi connectivity index (χ1n) is 10.6. The van der Waals surface area contributed by atoms with Gasteiger partial charge in [0.2, 0.25) is 0 Å². The summed E-state index contributed by atoms with van der Waals surface area (Å²) in [4.78, 5) is 47.5. The molecule has 1 aliphatic heterocycles. The Morgan fingerprint density at radius 2 is 1.88 bits per heavy atom. The Labute approximate surface area is 188 Å². The lowest BCUT2D eigenvalue weighted by Crippen LogP contribution is -2.43. The normalized spacial score (nSPS) is 26.2. The van der Waals surface area contributed by atoms with Crippen molar-refractivity contribution in [2.24, 2.45) is 0 Å². The highest BCUT2D eigenvalue weighted by Gasteiger charge is 2.45. The number of aromatic nitrogens is 3. The van der Waals surface area contributed by atoms with E-state index in [9.17, 15) is 24.4 Å². The predicted octanol–water partition coefficient (Wildman–Crippen LogP) is -0.161. The molecule has 1 saturated carbocycles. The standard InChI is InChI=1S/C20H26N3O9P/c24-16-6-8-22(19-18(26)17(25)15(32-19)11-31-33(28,29)30)20(27)23(16)10-14-9-13(5-7-21-14)12-3-1-2-4-12/h5-9,12,15,17-19,25-26H,1-4,10-11H2,(H2,28,29,30)/t15-,17?,18?,19-/m1/s1. The van der Waals surface area contributed by atoms with Crippen molar-refractivity contribution in [1.29, 1.82) is 0 Å². The van der Waals surface area contributed by atoms with Gasteiger partial charge in [-0.25, -0.2) is 9.36 Å². The van der Waals surface area contributed by atoms with E-state index in [-0.39, 0.29) is 6.54 Å². The first-order valence-corrected chi connectivity index (χ1v) is 12.2. The summed E-state index contributed by atoms with van der Waals surface area (Å²) in [5, 5.41) is 20.5. The molecule has 2 unspecified atom stereocenters. The van der Waals surface area contributed by atoms with Gasteiger partial charge in [0.25, 0.3) is 5.56 Å². The fourth-order valence-electron chi connectivity index (χ4n) is 4.40. The molecule has 180 valence electrons. The lowest BCUT2D eigenvalue weighted by atomic mass is 9.98. The van der Waals surface area contributed by atoms with Crippen molar-refractivity contribution in [3.05, 3.63) is 62.7 Å². The van der Waals surface area contributed by atoms with Crippen LogP contribution in [0.3, 0.4) is 0 Å². The second-order valence-corrected chi connectivity index (χ2v) is 9.56. The van der Waals surface area contributed by atoms with Crippen LogP contribution >= 0.6 is 7.82 Å². The fourth-order valence-corrected chi connectivity index (χ4v) is 4.74. The second kappa shape index (κ2) is 9.59. The number of hydrogen-bond acceptors (Lipinski definition) is 8. The second-order valence-electron chi connectivity index (χ2n) is 8.32. The molecule has 1 aliphatic carbocycles. The van der Waals surface area contributed by atoms with Crippen molar-refractivity contribution < 1.29 is 33.8 Å². The fraction of sp³-hybridized carbons (Fsp3) is 0.550. The monoisotopic (exact) mass is 483 g/mol. The maximum absolute atomic E-state index is 13.1. The van der Waals surface area contributed by atoms with Gasteiger partial charge in [0, 0.05) is 18.5 Å². The molecule has 12 nitrogen and oxygen atoms in total. The summed E-state index contributed by atoms with van der Waals surface area (Å²) in [6.45, 7) is -0.791. The number of aliphatic hydroxyl groups is 2. The van der Waals surface area contributed by atoms with Gasteiger partial charge in [-0.15, -0.1) is 0 Å². The van der Waals surface area contributed by atoms with E-state index in [2.05, 4.69) is 9.51 Å². The number of nitrogens with zero attached hydrogens (tertiary/aromatic N) is 3. The molecule has 4 rings (SSSR count). The van der Waals surface area contributed by atoms with E-state index in [0.717, 1.165) is 39.8 Å². The third kappa shape index (κ3) is 5.33. The highest BCUT2D eigenvalue weighted by atomic mass is 31.2. The smallest absolute Gasteiger partial charge is 0.387 e. The van der Waals surface area contributed by atoms with E-state index in [1.807, 2.05) is 12.1 Å². The lowest BCUT2D eigenvalue weighted by molar-refractivity contribution is -0.0548. The average Bonchev–Trinajstić information content (AvgIpc) is 3.40. The Morgan fingerprint density at radius 1 is 1.15 bits per heavy atom. The Hall–Kier alpha value is -2.18. The van der Waals surface area contributed by atoms with E-state index >= 15 is 0 Å². The van der Waals surface area contributed by atoms with Crippen LogP contribution in [0.2, 0.25) is 0 Å². The van der Waals surface area contributed by atoms with Crippen LogP contribution in [-0.2, 0) is 20.4 Å². The van der Waals surface area contributed by atoms with Crippen LogP contribution in [0.4, 0.5) is 0 Å². The predicted molar refractivity (Wildman–Crippen MR) is 113 cm³/mol. The summed E-state index contributed by atoms with van der Waals surface area (Å²) in [6.07, 6.45) is 1.46. The van der Waals surface area contributed by atoms with Crippen LogP contribution < -0.4 is 11.2 Å². The van der Waals surface area contributed by atoms with Crippen molar-refractivity contribution in [2.45, 2.75) is 62.7 Å². The summed E-state index contributed by atoms with van der Waals surface area (Å²) >= 11 is 0. The molecule has 33 heavy (non-hydrogen) atoms. The zero-order valence-electron chi connectivity index (χ0n) is 17.6. The number of ether oxygens (including phenoxy) is 1. The number of rotatable bonds is 7. The minimum atomic E-state index is -4.82. The Kier molecular flexibility index (Phi) is 6.96. The van der Waals surface area contributed by atoms with Gasteiger partial charge in [-0.2, -0.15) is 0 Å². The van der Waals surface area contributed by atoms with Crippen LogP contribution in [0.25, 0.3) is 0 Å². The molecule has 0 spiro atoms. The molecular weight excluding hydrogens is 457 g/mol. The lowest BCUT2D eigenvalue weighted by Gasteiger charge is -2.19. The highest BCUT2D eigenvalue weighted by molar-refractivity contribution is 7.46. The molecule has 1 saturated heterocycles. The first-order chi connectivity index (χ1) is 15.6. The van der Waals surface area contributed by atoms with E-state index < -0.39 is 50.2 Å². The van der Waals surface area contributed by atoms with Gasteiger partial charge in [-0.1, -0.05) is 12.8 Å². The van der Waals surface area contributed by atoms with Gasteiger partial charge in [0.1, 0.15) is 18.3 Å². The van der Waals surface area contributed by atoms with Crippen LogP contribution in [0.15, 0.2) is 40.2 Å². The van der Waals surface area contributed by atoms with Gasteiger partial charge in [-0.05, 0) is 36.5 Å². The molecule has 0 amide bonds. The van der Waals surface area contributed by atoms with Crippen molar-refractivity contribution in [3.63, 3.8) is 0 Å². The average molecular weight is 483 g/mol. The van der Waals surface area contributed by atoms with Crippen molar-refractivity contribution in [2.75, 3.05) is 6.61 Å². The molecule has 2 aromatic rings. The van der Waals surface area contributed by atoms with Gasteiger partial charge >= 0.3 is 13.5 Å². The molecule has 2 aliphatic rings. The molecular formula is C20H26N3O9P. The quantitative estimate of drug-likeness (QED) is 0.388. The summed E-state index contributed by atoms with van der Waals surface area (Å²) in [5.74, 6) is 0.437. The summed E-state index contributed by atoms with van der Waals surface area (Å²) in [5.41, 5.74) is 0.298. The SMILES string of the molecule is O=c1ccn([C@@H]2O[C@H](COP(=O)(O)O)C(O)C2O)c(=O)n1Cc1cc(C2CCCC2)ccn1. The number of phosphoric acid groups is 1. The third-order valence-corrected chi connectivity index (χ3v) is 6.59. The number of hydrogen-bond donors (Lipinski definition) is 4. The molecule has 3 heterocycles. The van der Waals surface area contributed by atoms with Crippen molar-refractivity contribution >= 4 is 7.82 Å². The zero-order valence-corrected chi connectivity index (χ0v) is 18.5. The van der Waals surface area contributed by atoms with Crippen LogP contribution in [-0.4, -0.2) is 59.0 Å². The molecule has 2 aromatic heterocycles. The molecule has 4 atom stereocenters. The number of aliphatic hydroxyl groups excluding tert-OH is 2. The minimum absolute atomic E-state index is 0.0881. The van der Waals surface area contributed by atoms with Gasteiger partial charge < -0.3 is 24.7 Å². The van der Waals surface area contributed by atoms with Crippen LogP contribution in [0, 0.1) is 0 Å². The van der Waals surface area contributed by atoms with Gasteiger partial charge in [0.15, 0.2) is 6.23 Å².